The van der Waals surface area contributed by atoms with E-state index in [0.29, 0.717) is 24.3 Å². The van der Waals surface area contributed by atoms with Gasteiger partial charge in [-0.1, -0.05) is 30.0 Å². The maximum Gasteiger partial charge on any atom is 0.337 e. The Morgan fingerprint density at radius 3 is 2.36 bits per heavy atom. The summed E-state index contributed by atoms with van der Waals surface area (Å²) in [5.41, 5.74) is 0.989. The summed E-state index contributed by atoms with van der Waals surface area (Å²) < 4.78 is 4.78. The minimum atomic E-state index is -0.436. The molecule has 0 saturated heterocycles. The maximum absolute atomic E-state index is 12.4. The number of urea groups is 1. The van der Waals surface area contributed by atoms with Crippen LogP contribution in [0.15, 0.2) is 58.3 Å². The van der Waals surface area contributed by atoms with Gasteiger partial charge in [0.25, 0.3) is 0 Å². The number of amides is 2. The lowest BCUT2D eigenvalue weighted by molar-refractivity contribution is 0.0600. The van der Waals surface area contributed by atoms with E-state index in [-0.39, 0.29) is 6.03 Å². The second kappa shape index (κ2) is 9.13. The number of nitrogens with one attached hydrogen (secondary N) is 1. The van der Waals surface area contributed by atoms with E-state index < -0.39 is 5.97 Å². The number of benzene rings is 2. The molecule has 0 heterocycles. The Hall–Kier alpha value is -2.47. The zero-order valence-corrected chi connectivity index (χ0v) is 15.4. The van der Waals surface area contributed by atoms with Crippen molar-refractivity contribution in [2.24, 2.45) is 0 Å². The van der Waals surface area contributed by atoms with Crippen LogP contribution in [-0.2, 0) is 4.74 Å². The van der Waals surface area contributed by atoms with Crippen molar-refractivity contribution in [2.75, 3.05) is 25.5 Å². The number of hydrogen-bond donors (Lipinski definition) is 1. The molecule has 2 rings (SSSR count). The highest BCUT2D eigenvalue weighted by atomic mass is 32.2. The molecule has 0 unspecified atom stereocenters. The molecule has 2 aromatic carbocycles. The molecule has 5 nitrogen and oxygen atoms in total. The molecule has 0 aliphatic rings. The van der Waals surface area contributed by atoms with Crippen LogP contribution in [0.5, 0.6) is 0 Å². The monoisotopic (exact) mass is 358 g/mol. The average Bonchev–Trinajstić information content (AvgIpc) is 2.64. The van der Waals surface area contributed by atoms with E-state index in [4.69, 9.17) is 4.74 Å². The number of nitrogens with zero attached hydrogens (tertiary/aromatic N) is 1. The molecule has 1 N–H and O–H groups in total. The first-order valence-electron chi connectivity index (χ1n) is 8.10. The predicted molar refractivity (Wildman–Crippen MR) is 100 cm³/mol. The number of rotatable bonds is 6. The van der Waals surface area contributed by atoms with Crippen molar-refractivity contribution in [1.29, 1.82) is 0 Å². The lowest BCUT2D eigenvalue weighted by Gasteiger charge is -2.20. The van der Waals surface area contributed by atoms with Crippen LogP contribution < -0.4 is 5.32 Å². The Morgan fingerprint density at radius 2 is 1.76 bits per heavy atom. The lowest BCUT2D eigenvalue weighted by atomic mass is 10.2. The normalized spacial score (nSPS) is 10.2. The SMILES string of the molecule is CCN(CC)C(=O)Nc1cc(C(=O)OC)ccc1Sc1ccccc1. The first-order valence-corrected chi connectivity index (χ1v) is 8.91. The van der Waals surface area contributed by atoms with Gasteiger partial charge in [0, 0.05) is 22.9 Å². The lowest BCUT2D eigenvalue weighted by Crippen LogP contribution is -2.34. The van der Waals surface area contributed by atoms with E-state index in [2.05, 4.69) is 5.32 Å². The van der Waals surface area contributed by atoms with Gasteiger partial charge < -0.3 is 15.0 Å². The summed E-state index contributed by atoms with van der Waals surface area (Å²) in [5.74, 6) is -0.436. The van der Waals surface area contributed by atoms with E-state index in [1.165, 1.54) is 18.9 Å². The highest BCUT2D eigenvalue weighted by Crippen LogP contribution is 2.34. The molecule has 0 bridgehead atoms. The van der Waals surface area contributed by atoms with Crippen LogP contribution in [0.25, 0.3) is 0 Å². The third-order valence-electron chi connectivity index (χ3n) is 3.66. The Bertz CT molecular complexity index is 731. The number of methoxy groups -OCH3 is 1. The van der Waals surface area contributed by atoms with Crippen molar-refractivity contribution < 1.29 is 14.3 Å². The van der Waals surface area contributed by atoms with Crippen molar-refractivity contribution in [1.82, 2.24) is 4.90 Å². The first kappa shape index (κ1) is 18.9. The van der Waals surface area contributed by atoms with Crippen LogP contribution in [0.3, 0.4) is 0 Å². The molecule has 0 radical (unpaired) electrons. The number of ether oxygens (including phenoxy) is 1. The molecular weight excluding hydrogens is 336 g/mol. The van der Waals surface area contributed by atoms with E-state index >= 15 is 0 Å². The van der Waals surface area contributed by atoms with Gasteiger partial charge in [-0.05, 0) is 44.2 Å². The van der Waals surface area contributed by atoms with Gasteiger partial charge in [0.1, 0.15) is 0 Å². The van der Waals surface area contributed by atoms with Crippen LogP contribution >= 0.6 is 11.8 Å². The van der Waals surface area contributed by atoms with E-state index in [0.717, 1.165) is 9.79 Å². The molecule has 2 amide bonds. The molecule has 6 heteroatoms. The molecule has 0 atom stereocenters. The zero-order valence-electron chi connectivity index (χ0n) is 14.6. The highest BCUT2D eigenvalue weighted by Gasteiger charge is 2.15. The van der Waals surface area contributed by atoms with E-state index in [1.54, 1.807) is 17.0 Å². The second-order valence-electron chi connectivity index (χ2n) is 5.22. The molecular formula is C19H22N2O3S. The molecule has 0 aromatic heterocycles. The topological polar surface area (TPSA) is 58.6 Å². The van der Waals surface area contributed by atoms with Gasteiger partial charge in [-0.25, -0.2) is 9.59 Å². The largest absolute Gasteiger partial charge is 0.465 e. The summed E-state index contributed by atoms with van der Waals surface area (Å²) in [7, 11) is 1.34. The van der Waals surface area contributed by atoms with Crippen LogP contribution in [-0.4, -0.2) is 37.1 Å². The smallest absolute Gasteiger partial charge is 0.337 e. The molecule has 132 valence electrons. The van der Waals surface area contributed by atoms with Gasteiger partial charge >= 0.3 is 12.0 Å². The molecule has 0 fully saturated rings. The number of hydrogen-bond acceptors (Lipinski definition) is 4. The van der Waals surface area contributed by atoms with Gasteiger partial charge in [0.15, 0.2) is 0 Å². The molecule has 0 aliphatic heterocycles. The fourth-order valence-corrected chi connectivity index (χ4v) is 3.19. The summed E-state index contributed by atoms with van der Waals surface area (Å²) >= 11 is 1.53. The second-order valence-corrected chi connectivity index (χ2v) is 6.34. The van der Waals surface area contributed by atoms with Gasteiger partial charge in [-0.2, -0.15) is 0 Å². The number of anilines is 1. The van der Waals surface area contributed by atoms with E-state index in [1.807, 2.05) is 50.2 Å². The van der Waals surface area contributed by atoms with Gasteiger partial charge in [-0.3, -0.25) is 0 Å². The van der Waals surface area contributed by atoms with Crippen LogP contribution in [0, 0.1) is 0 Å². The minimum Gasteiger partial charge on any atom is -0.465 e. The van der Waals surface area contributed by atoms with Crippen molar-refractivity contribution in [3.8, 4) is 0 Å². The third-order valence-corrected chi connectivity index (χ3v) is 4.75. The summed E-state index contributed by atoms with van der Waals surface area (Å²) in [5, 5.41) is 2.91. The van der Waals surface area contributed by atoms with Gasteiger partial charge in [-0.15, -0.1) is 0 Å². The highest BCUT2D eigenvalue weighted by molar-refractivity contribution is 7.99. The summed E-state index contributed by atoms with van der Waals surface area (Å²) in [6.45, 7) is 5.07. The van der Waals surface area contributed by atoms with Crippen LogP contribution in [0.4, 0.5) is 10.5 Å². The molecule has 0 saturated carbocycles. The Balaban J connectivity index is 2.34. The minimum absolute atomic E-state index is 0.193. The average molecular weight is 358 g/mol. The predicted octanol–water partition coefficient (Wildman–Crippen LogP) is 4.50. The quantitative estimate of drug-likeness (QED) is 0.773. The fourth-order valence-electron chi connectivity index (χ4n) is 2.28. The Labute approximate surface area is 152 Å². The van der Waals surface area contributed by atoms with Crippen LogP contribution in [0.1, 0.15) is 24.2 Å². The number of esters is 1. The van der Waals surface area contributed by atoms with Crippen molar-refractivity contribution in [3.05, 3.63) is 54.1 Å². The molecule has 0 aliphatic carbocycles. The number of carbonyl (C=O) groups is 2. The third kappa shape index (κ3) is 5.00. The summed E-state index contributed by atoms with van der Waals surface area (Å²) in [6.07, 6.45) is 0. The fraction of sp³-hybridized carbons (Fsp3) is 0.263. The maximum atomic E-state index is 12.4. The summed E-state index contributed by atoms with van der Waals surface area (Å²) in [6, 6.07) is 14.8. The van der Waals surface area contributed by atoms with Gasteiger partial charge in [0.05, 0.1) is 18.4 Å². The van der Waals surface area contributed by atoms with Crippen LogP contribution in [0.2, 0.25) is 0 Å². The van der Waals surface area contributed by atoms with Crippen molar-refractivity contribution >= 4 is 29.4 Å². The molecule has 0 spiro atoms. The first-order chi connectivity index (χ1) is 12.1. The Morgan fingerprint density at radius 1 is 1.08 bits per heavy atom. The van der Waals surface area contributed by atoms with Crippen molar-refractivity contribution in [3.63, 3.8) is 0 Å². The zero-order chi connectivity index (χ0) is 18.2. The summed E-state index contributed by atoms with van der Waals surface area (Å²) in [4.78, 5) is 27.8. The van der Waals surface area contributed by atoms with Gasteiger partial charge in [0.2, 0.25) is 0 Å². The Kier molecular flexibility index (Phi) is 6.89. The van der Waals surface area contributed by atoms with E-state index in [9.17, 15) is 9.59 Å². The number of carbonyl (C=O) groups excluding carboxylic acids is 2. The van der Waals surface area contributed by atoms with Crippen molar-refractivity contribution in [2.45, 2.75) is 23.6 Å². The molecule has 2 aromatic rings. The molecule has 25 heavy (non-hydrogen) atoms. The standard InChI is InChI=1S/C19H22N2O3S/c1-4-21(5-2)19(23)20-16-13-14(18(22)24-3)11-12-17(16)25-15-9-7-6-8-10-15/h6-13H,4-5H2,1-3H3,(H,20,23).